The summed E-state index contributed by atoms with van der Waals surface area (Å²) in [6, 6.07) is 9.85. The van der Waals surface area contributed by atoms with Gasteiger partial charge < -0.3 is 25.0 Å². The van der Waals surface area contributed by atoms with E-state index >= 15 is 0 Å². The van der Waals surface area contributed by atoms with Gasteiger partial charge in [0, 0.05) is 18.2 Å². The first-order chi connectivity index (χ1) is 13.5. The van der Waals surface area contributed by atoms with Crippen molar-refractivity contribution in [3.05, 3.63) is 47.5 Å². The van der Waals surface area contributed by atoms with E-state index in [0.717, 1.165) is 5.56 Å². The fourth-order valence-electron chi connectivity index (χ4n) is 2.69. The average Bonchev–Trinajstić information content (AvgIpc) is 2.85. The summed E-state index contributed by atoms with van der Waals surface area (Å²) in [4.78, 5) is 24.5. The molecule has 8 heteroatoms. The Labute approximate surface area is 170 Å². The molecule has 1 amide bonds. The van der Waals surface area contributed by atoms with Crippen molar-refractivity contribution >= 4 is 12.1 Å². The summed E-state index contributed by atoms with van der Waals surface area (Å²) in [5.74, 6) is -0.845. The SMILES string of the molecule is Cc1cc(O)n(C[C@H](CC(=O)OCc2ccccc2)NC(=O)OC(C)(C)C)c1O. The van der Waals surface area contributed by atoms with Gasteiger partial charge in [-0.1, -0.05) is 30.3 Å². The fraction of sp³-hybridized carbons (Fsp3) is 0.429. The van der Waals surface area contributed by atoms with Crippen molar-refractivity contribution in [3.63, 3.8) is 0 Å². The summed E-state index contributed by atoms with van der Waals surface area (Å²) in [6.07, 6.45) is -0.872. The van der Waals surface area contributed by atoms with Crippen LogP contribution >= 0.6 is 0 Å². The molecule has 2 rings (SSSR count). The molecule has 0 aliphatic heterocycles. The lowest BCUT2D eigenvalue weighted by Crippen LogP contribution is -2.42. The highest BCUT2D eigenvalue weighted by Gasteiger charge is 2.24. The Balaban J connectivity index is 2.06. The number of carbonyl (C=O) groups excluding carboxylic acids is 2. The first-order valence-electron chi connectivity index (χ1n) is 9.32. The number of ether oxygens (including phenoxy) is 2. The maximum absolute atomic E-state index is 12.3. The lowest BCUT2D eigenvalue weighted by molar-refractivity contribution is -0.145. The van der Waals surface area contributed by atoms with Crippen LogP contribution in [0.4, 0.5) is 4.79 Å². The third kappa shape index (κ3) is 7.06. The first-order valence-corrected chi connectivity index (χ1v) is 9.32. The Morgan fingerprint density at radius 1 is 1.17 bits per heavy atom. The molecule has 0 unspecified atom stereocenters. The number of aromatic nitrogens is 1. The van der Waals surface area contributed by atoms with E-state index in [1.165, 1.54) is 10.6 Å². The Morgan fingerprint density at radius 2 is 1.83 bits per heavy atom. The van der Waals surface area contributed by atoms with Crippen molar-refractivity contribution < 1.29 is 29.3 Å². The molecule has 0 aliphatic carbocycles. The van der Waals surface area contributed by atoms with Crippen molar-refractivity contribution in [1.82, 2.24) is 9.88 Å². The van der Waals surface area contributed by atoms with Gasteiger partial charge in [-0.25, -0.2) is 4.79 Å². The van der Waals surface area contributed by atoms with Gasteiger partial charge in [0.05, 0.1) is 12.5 Å². The number of alkyl carbamates (subject to hydrolysis) is 1. The van der Waals surface area contributed by atoms with Crippen LogP contribution in [0, 0.1) is 6.92 Å². The topological polar surface area (TPSA) is 110 Å². The number of hydrogen-bond donors (Lipinski definition) is 3. The molecule has 29 heavy (non-hydrogen) atoms. The number of nitrogens with zero attached hydrogens (tertiary/aromatic N) is 1. The maximum Gasteiger partial charge on any atom is 0.407 e. The number of aromatic hydroxyl groups is 2. The minimum Gasteiger partial charge on any atom is -0.494 e. The largest absolute Gasteiger partial charge is 0.494 e. The highest BCUT2D eigenvalue weighted by Crippen LogP contribution is 2.27. The van der Waals surface area contributed by atoms with Crippen molar-refractivity contribution in [1.29, 1.82) is 0 Å². The third-order valence-electron chi connectivity index (χ3n) is 4.01. The van der Waals surface area contributed by atoms with E-state index in [-0.39, 0.29) is 31.3 Å². The summed E-state index contributed by atoms with van der Waals surface area (Å²) in [6.45, 7) is 6.88. The summed E-state index contributed by atoms with van der Waals surface area (Å²) < 4.78 is 11.7. The van der Waals surface area contributed by atoms with Crippen LogP contribution in [0.15, 0.2) is 36.4 Å². The smallest absolute Gasteiger partial charge is 0.407 e. The van der Waals surface area contributed by atoms with Gasteiger partial charge in [0.25, 0.3) is 0 Å². The number of carbonyl (C=O) groups is 2. The van der Waals surface area contributed by atoms with Gasteiger partial charge in [0.1, 0.15) is 12.2 Å². The molecule has 0 fully saturated rings. The molecule has 1 atom stereocenters. The molecule has 0 radical (unpaired) electrons. The van der Waals surface area contributed by atoms with Gasteiger partial charge in [0.15, 0.2) is 11.8 Å². The highest BCUT2D eigenvalue weighted by atomic mass is 16.6. The van der Waals surface area contributed by atoms with Crippen molar-refractivity contribution in [2.24, 2.45) is 0 Å². The van der Waals surface area contributed by atoms with Crippen molar-refractivity contribution in [3.8, 4) is 11.8 Å². The second-order valence-corrected chi connectivity index (χ2v) is 7.81. The van der Waals surface area contributed by atoms with Crippen LogP contribution in [-0.2, 0) is 27.4 Å². The van der Waals surface area contributed by atoms with Gasteiger partial charge in [-0.2, -0.15) is 0 Å². The summed E-state index contributed by atoms with van der Waals surface area (Å²) in [5.41, 5.74) is 0.607. The molecule has 158 valence electrons. The predicted molar refractivity (Wildman–Crippen MR) is 107 cm³/mol. The maximum atomic E-state index is 12.3. The number of nitrogens with one attached hydrogen (secondary N) is 1. The average molecular weight is 404 g/mol. The van der Waals surface area contributed by atoms with E-state index in [1.807, 2.05) is 30.3 Å². The van der Waals surface area contributed by atoms with Crippen LogP contribution in [-0.4, -0.2) is 38.5 Å². The monoisotopic (exact) mass is 404 g/mol. The highest BCUT2D eigenvalue weighted by molar-refractivity contribution is 5.73. The second kappa shape index (κ2) is 9.36. The molecule has 0 aliphatic rings. The molecule has 0 spiro atoms. The fourth-order valence-corrected chi connectivity index (χ4v) is 2.69. The van der Waals surface area contributed by atoms with Crippen LogP contribution in [0.3, 0.4) is 0 Å². The van der Waals surface area contributed by atoms with Crippen LogP contribution in [0.2, 0.25) is 0 Å². The van der Waals surface area contributed by atoms with Crippen LogP contribution in [0.1, 0.15) is 38.3 Å². The number of esters is 1. The van der Waals surface area contributed by atoms with E-state index < -0.39 is 23.7 Å². The summed E-state index contributed by atoms with van der Waals surface area (Å²) in [5, 5.41) is 22.7. The molecule has 3 N–H and O–H groups in total. The minimum absolute atomic E-state index is 0.0365. The molecule has 1 aromatic carbocycles. The summed E-state index contributed by atoms with van der Waals surface area (Å²) >= 11 is 0. The molecular weight excluding hydrogens is 376 g/mol. The van der Waals surface area contributed by atoms with E-state index in [0.29, 0.717) is 5.56 Å². The zero-order valence-corrected chi connectivity index (χ0v) is 17.1. The molecule has 1 aromatic heterocycles. The van der Waals surface area contributed by atoms with Crippen molar-refractivity contribution in [2.45, 2.75) is 58.9 Å². The van der Waals surface area contributed by atoms with Gasteiger partial charge in [-0.3, -0.25) is 9.36 Å². The zero-order chi connectivity index (χ0) is 21.6. The number of rotatable bonds is 7. The Hall–Kier alpha value is -3.16. The second-order valence-electron chi connectivity index (χ2n) is 7.81. The van der Waals surface area contributed by atoms with Gasteiger partial charge in [0.2, 0.25) is 0 Å². The number of amides is 1. The standard InChI is InChI=1S/C21H28N2O6/c1-14-10-17(24)23(19(14)26)12-16(22-20(27)29-21(2,3)4)11-18(25)28-13-15-8-6-5-7-9-15/h5-10,16,24,26H,11-13H2,1-4H3,(H,22,27)/t16-/m0/s1. The minimum atomic E-state index is -0.767. The van der Waals surface area contributed by atoms with Gasteiger partial charge in [-0.05, 0) is 33.3 Å². The quantitative estimate of drug-likeness (QED) is 0.611. The third-order valence-corrected chi connectivity index (χ3v) is 4.01. The van der Waals surface area contributed by atoms with Crippen LogP contribution in [0.25, 0.3) is 0 Å². The lowest BCUT2D eigenvalue weighted by Gasteiger charge is -2.24. The molecule has 0 saturated carbocycles. The number of hydrogen-bond acceptors (Lipinski definition) is 6. The van der Waals surface area contributed by atoms with Gasteiger partial charge in [-0.15, -0.1) is 0 Å². The van der Waals surface area contributed by atoms with E-state index in [1.54, 1.807) is 27.7 Å². The van der Waals surface area contributed by atoms with Crippen LogP contribution in [0.5, 0.6) is 11.8 Å². The molecular formula is C21H28N2O6. The Bertz CT molecular complexity index is 839. The lowest BCUT2D eigenvalue weighted by atomic mass is 10.2. The van der Waals surface area contributed by atoms with E-state index in [9.17, 15) is 19.8 Å². The molecule has 0 bridgehead atoms. The van der Waals surface area contributed by atoms with E-state index in [2.05, 4.69) is 5.32 Å². The Morgan fingerprint density at radius 3 is 2.38 bits per heavy atom. The predicted octanol–water partition coefficient (Wildman–Crippen LogP) is 3.23. The Kier molecular flexibility index (Phi) is 7.14. The molecule has 2 aromatic rings. The molecule has 8 nitrogen and oxygen atoms in total. The van der Waals surface area contributed by atoms with Gasteiger partial charge >= 0.3 is 12.1 Å². The summed E-state index contributed by atoms with van der Waals surface area (Å²) in [7, 11) is 0. The molecule has 0 saturated heterocycles. The first kappa shape index (κ1) is 22.1. The molecule has 1 heterocycles. The zero-order valence-electron chi connectivity index (χ0n) is 17.1. The van der Waals surface area contributed by atoms with Crippen molar-refractivity contribution in [2.75, 3.05) is 0 Å². The normalized spacial score (nSPS) is 12.3. The van der Waals surface area contributed by atoms with E-state index in [4.69, 9.17) is 9.47 Å². The number of benzene rings is 1. The number of aryl methyl sites for hydroxylation is 1. The van der Waals surface area contributed by atoms with Crippen LogP contribution < -0.4 is 5.32 Å².